The Morgan fingerprint density at radius 3 is 2.19 bits per heavy atom. The Morgan fingerprint density at radius 1 is 1.00 bits per heavy atom. The van der Waals surface area contributed by atoms with Crippen molar-refractivity contribution in [3.8, 4) is 11.5 Å². The molecule has 0 saturated heterocycles. The molecule has 2 heterocycles. The van der Waals surface area contributed by atoms with Gasteiger partial charge in [0, 0.05) is 17.7 Å². The minimum absolute atomic E-state index is 0.0331. The zero-order chi connectivity index (χ0) is 18.8. The molecular weight excluding hydrogens is 340 g/mol. The van der Waals surface area contributed by atoms with E-state index in [4.69, 9.17) is 9.15 Å². The highest BCUT2D eigenvalue weighted by molar-refractivity contribution is 5.89. The van der Waals surface area contributed by atoms with Gasteiger partial charge in [0.2, 0.25) is 5.91 Å². The number of hydrogen-bond donors (Lipinski definition) is 1. The maximum absolute atomic E-state index is 13.2. The Morgan fingerprint density at radius 2 is 1.63 bits per heavy atom. The van der Waals surface area contributed by atoms with E-state index in [0.717, 1.165) is 28.4 Å². The van der Waals surface area contributed by atoms with E-state index in [2.05, 4.69) is 5.32 Å². The summed E-state index contributed by atoms with van der Waals surface area (Å²) in [4.78, 5) is 15.2. The lowest BCUT2D eigenvalue weighted by molar-refractivity contribution is -0.122. The molecule has 0 radical (unpaired) electrons. The first kappa shape index (κ1) is 17.4. The van der Waals surface area contributed by atoms with E-state index < -0.39 is 5.92 Å². The zero-order valence-corrected chi connectivity index (χ0v) is 15.4. The monoisotopic (exact) mass is 362 g/mol. The number of amides is 1. The van der Waals surface area contributed by atoms with E-state index in [0.29, 0.717) is 6.54 Å². The van der Waals surface area contributed by atoms with Gasteiger partial charge in [-0.1, -0.05) is 36.4 Å². The van der Waals surface area contributed by atoms with E-state index >= 15 is 0 Å². The summed E-state index contributed by atoms with van der Waals surface area (Å²) in [5, 5.41) is 3.11. The first-order chi connectivity index (χ1) is 13.1. The van der Waals surface area contributed by atoms with Gasteiger partial charge in [-0.05, 0) is 38.4 Å². The summed E-state index contributed by atoms with van der Waals surface area (Å²) in [7, 11) is 3.94. The minimum atomic E-state index is -0.398. The fraction of sp³-hybridized carbons (Fsp3) is 0.227. The number of nitrogens with zero attached hydrogens (tertiary/aromatic N) is 1. The van der Waals surface area contributed by atoms with Crippen LogP contribution in [0.5, 0.6) is 11.5 Å². The molecule has 4 rings (SSSR count). The Balaban J connectivity index is 1.60. The van der Waals surface area contributed by atoms with E-state index in [9.17, 15) is 4.79 Å². The fourth-order valence-corrected chi connectivity index (χ4v) is 3.51. The summed E-state index contributed by atoms with van der Waals surface area (Å²) in [6.07, 6.45) is 1.65. The largest absolute Gasteiger partial charge is 0.468 e. The summed E-state index contributed by atoms with van der Waals surface area (Å²) >= 11 is 0. The summed E-state index contributed by atoms with van der Waals surface area (Å²) < 4.78 is 11.5. The lowest BCUT2D eigenvalue weighted by Gasteiger charge is -2.28. The Bertz CT molecular complexity index is 889. The number of nitrogens with one attached hydrogen (secondary N) is 1. The van der Waals surface area contributed by atoms with Gasteiger partial charge in [-0.25, -0.2) is 0 Å². The first-order valence-corrected chi connectivity index (χ1v) is 8.98. The molecule has 0 fully saturated rings. The van der Waals surface area contributed by atoms with Crippen LogP contribution < -0.4 is 10.1 Å². The molecule has 1 aliphatic heterocycles. The number of ether oxygens (including phenoxy) is 1. The average Bonchev–Trinajstić information content (AvgIpc) is 3.20. The number of furan rings is 1. The van der Waals surface area contributed by atoms with E-state index in [1.54, 1.807) is 6.26 Å². The molecule has 5 heteroatoms. The molecule has 1 atom stereocenters. The number of carbonyl (C=O) groups excluding carboxylic acids is 1. The van der Waals surface area contributed by atoms with Gasteiger partial charge in [-0.2, -0.15) is 0 Å². The summed E-state index contributed by atoms with van der Waals surface area (Å²) in [6.45, 7) is 0.459. The quantitative estimate of drug-likeness (QED) is 0.747. The molecule has 0 bridgehead atoms. The average molecular weight is 362 g/mol. The standard InChI is InChI=1S/C22H22N2O3/c1-24(2)17(20-12-7-13-26-20)14-23-22(25)21-15-8-3-5-10-18(15)27-19-11-6-4-9-16(19)21/h3-13,17,21H,14H2,1-2H3,(H,23,25)/t17-/m1/s1. The first-order valence-electron chi connectivity index (χ1n) is 8.98. The highest BCUT2D eigenvalue weighted by Crippen LogP contribution is 2.43. The molecule has 0 aliphatic carbocycles. The second kappa shape index (κ2) is 7.29. The Kier molecular flexibility index (Phi) is 4.69. The smallest absolute Gasteiger partial charge is 0.232 e. The molecule has 1 aliphatic rings. The second-order valence-electron chi connectivity index (χ2n) is 6.85. The lowest BCUT2D eigenvalue weighted by Crippen LogP contribution is -2.37. The maximum Gasteiger partial charge on any atom is 0.232 e. The van der Waals surface area contributed by atoms with Crippen molar-refractivity contribution in [3.05, 3.63) is 83.8 Å². The van der Waals surface area contributed by atoms with Crippen molar-refractivity contribution in [3.63, 3.8) is 0 Å². The third-order valence-corrected chi connectivity index (χ3v) is 4.91. The molecule has 1 N–H and O–H groups in total. The SMILES string of the molecule is CN(C)[C@H](CNC(=O)C1c2ccccc2Oc2ccccc21)c1ccco1. The van der Waals surface area contributed by atoms with Crippen molar-refractivity contribution in [2.24, 2.45) is 0 Å². The van der Waals surface area contributed by atoms with Crippen molar-refractivity contribution >= 4 is 5.91 Å². The van der Waals surface area contributed by atoms with Crippen molar-refractivity contribution in [1.82, 2.24) is 10.2 Å². The third kappa shape index (κ3) is 3.34. The van der Waals surface area contributed by atoms with Crippen molar-refractivity contribution in [1.29, 1.82) is 0 Å². The highest BCUT2D eigenvalue weighted by Gasteiger charge is 2.32. The fourth-order valence-electron chi connectivity index (χ4n) is 3.51. The number of rotatable bonds is 5. The van der Waals surface area contributed by atoms with Crippen LogP contribution in [0.15, 0.2) is 71.3 Å². The second-order valence-corrected chi connectivity index (χ2v) is 6.85. The number of para-hydroxylation sites is 2. The number of fused-ring (bicyclic) bond motifs is 2. The number of benzene rings is 2. The van der Waals surface area contributed by atoms with Crippen LogP contribution in [0.4, 0.5) is 0 Å². The third-order valence-electron chi connectivity index (χ3n) is 4.91. The molecule has 3 aromatic rings. The van der Waals surface area contributed by atoms with Crippen LogP contribution in [0.1, 0.15) is 28.8 Å². The molecule has 1 amide bonds. The Labute approximate surface area is 158 Å². The summed E-state index contributed by atoms with van der Waals surface area (Å²) in [6, 6.07) is 19.2. The van der Waals surface area contributed by atoms with Crippen LogP contribution in [0, 0.1) is 0 Å². The van der Waals surface area contributed by atoms with Crippen molar-refractivity contribution in [2.75, 3.05) is 20.6 Å². The molecule has 27 heavy (non-hydrogen) atoms. The van der Waals surface area contributed by atoms with Crippen LogP contribution in [0.2, 0.25) is 0 Å². The summed E-state index contributed by atoms with van der Waals surface area (Å²) in [5.41, 5.74) is 1.77. The van der Waals surface area contributed by atoms with Crippen molar-refractivity contribution in [2.45, 2.75) is 12.0 Å². The molecular formula is C22H22N2O3. The molecule has 2 aromatic carbocycles. The van der Waals surface area contributed by atoms with Crippen LogP contribution in [-0.4, -0.2) is 31.4 Å². The van der Waals surface area contributed by atoms with Gasteiger partial charge < -0.3 is 14.5 Å². The van der Waals surface area contributed by atoms with Gasteiger partial charge in [0.25, 0.3) is 0 Å². The van der Waals surface area contributed by atoms with Crippen molar-refractivity contribution < 1.29 is 13.9 Å². The van der Waals surface area contributed by atoms with E-state index in [-0.39, 0.29) is 11.9 Å². The van der Waals surface area contributed by atoms with Gasteiger partial charge >= 0.3 is 0 Å². The number of carbonyl (C=O) groups is 1. The molecule has 1 aromatic heterocycles. The zero-order valence-electron chi connectivity index (χ0n) is 15.4. The summed E-state index contributed by atoms with van der Waals surface area (Å²) in [5.74, 6) is 1.84. The predicted octanol–water partition coefficient (Wildman–Crippen LogP) is 3.94. The lowest BCUT2D eigenvalue weighted by atomic mass is 9.87. The van der Waals surface area contributed by atoms with Gasteiger partial charge in [-0.3, -0.25) is 9.69 Å². The van der Waals surface area contributed by atoms with Gasteiger partial charge in [0.1, 0.15) is 17.3 Å². The van der Waals surface area contributed by atoms with Crippen LogP contribution in [0.3, 0.4) is 0 Å². The van der Waals surface area contributed by atoms with Crippen LogP contribution in [0.25, 0.3) is 0 Å². The molecule has 0 spiro atoms. The van der Waals surface area contributed by atoms with E-state index in [1.807, 2.05) is 79.7 Å². The Hall–Kier alpha value is -3.05. The van der Waals surface area contributed by atoms with Gasteiger partial charge in [0.05, 0.1) is 18.2 Å². The molecule has 0 unspecified atom stereocenters. The molecule has 0 saturated carbocycles. The predicted molar refractivity (Wildman–Crippen MR) is 103 cm³/mol. The molecule has 5 nitrogen and oxygen atoms in total. The van der Waals surface area contributed by atoms with Crippen LogP contribution in [-0.2, 0) is 4.79 Å². The number of likely N-dealkylation sites (N-methyl/N-ethyl adjacent to an activating group) is 1. The minimum Gasteiger partial charge on any atom is -0.468 e. The van der Waals surface area contributed by atoms with Crippen LogP contribution >= 0.6 is 0 Å². The topological polar surface area (TPSA) is 54.7 Å². The van der Waals surface area contributed by atoms with E-state index in [1.165, 1.54) is 0 Å². The number of hydrogen-bond acceptors (Lipinski definition) is 4. The normalized spacial score (nSPS) is 14.2. The molecule has 138 valence electrons. The highest BCUT2D eigenvalue weighted by atomic mass is 16.5. The maximum atomic E-state index is 13.2. The van der Waals surface area contributed by atoms with Gasteiger partial charge in [-0.15, -0.1) is 0 Å². The van der Waals surface area contributed by atoms with Gasteiger partial charge in [0.15, 0.2) is 0 Å².